The predicted octanol–water partition coefficient (Wildman–Crippen LogP) is 4.87. The summed E-state index contributed by atoms with van der Waals surface area (Å²) in [5, 5.41) is 17.3. The minimum atomic E-state index is -1.90. The summed E-state index contributed by atoms with van der Waals surface area (Å²) in [5.74, 6) is 1.66. The van der Waals surface area contributed by atoms with Gasteiger partial charge in [-0.05, 0) is 48.9 Å². The third-order valence-corrected chi connectivity index (χ3v) is 7.09. The van der Waals surface area contributed by atoms with Gasteiger partial charge in [-0.2, -0.15) is 0 Å². The maximum absolute atomic E-state index is 11.5. The first-order valence-corrected chi connectivity index (χ1v) is 13.9. The van der Waals surface area contributed by atoms with E-state index in [1.54, 1.807) is 43.0 Å². The number of H-pyrrole nitrogens is 1. The monoisotopic (exact) mass is 535 g/mol. The average molecular weight is 536 g/mol. The molecule has 0 unspecified atom stereocenters. The van der Waals surface area contributed by atoms with Crippen molar-refractivity contribution in [3.8, 4) is 28.7 Å². The molecule has 4 heterocycles. The van der Waals surface area contributed by atoms with Crippen molar-refractivity contribution in [3.63, 3.8) is 0 Å². The molecule has 0 spiro atoms. The minimum absolute atomic E-state index is 0.252. The van der Waals surface area contributed by atoms with Crippen molar-refractivity contribution in [1.29, 1.82) is 0 Å². The van der Waals surface area contributed by atoms with Crippen molar-refractivity contribution in [2.45, 2.75) is 11.3 Å². The summed E-state index contributed by atoms with van der Waals surface area (Å²) in [4.78, 5) is 19.4. The number of pyridine rings is 2. The molecule has 188 valence electrons. The summed E-state index contributed by atoms with van der Waals surface area (Å²) in [6, 6.07) is 14.1. The second-order valence-electron chi connectivity index (χ2n) is 8.37. The van der Waals surface area contributed by atoms with E-state index >= 15 is 0 Å². The van der Waals surface area contributed by atoms with Crippen LogP contribution in [-0.4, -0.2) is 52.0 Å². The zero-order valence-corrected chi connectivity index (χ0v) is 21.4. The Hall–Kier alpha value is -4.06. The number of aromatic amines is 1. The van der Waals surface area contributed by atoms with E-state index in [0.29, 0.717) is 45.9 Å². The van der Waals surface area contributed by atoms with E-state index in [0.717, 1.165) is 4.90 Å². The summed E-state index contributed by atoms with van der Waals surface area (Å²) >= 11 is 6.53. The smallest absolute Gasteiger partial charge is 0.248 e. The standard InChI is InChI=1S/C25H22ClN7O3S/c1-37(2,35)17-10-11-19(28-15-17)24-31-29-21(33(24)20-7-4-3-6-18(20)26)8-5-9-23-30-32-25(36-23)16-12-13-27-22(34)14-16/h3-8,10-15,35H,9H2,1-2H3,(H,27,34). The van der Waals surface area contributed by atoms with Crippen molar-refractivity contribution in [3.05, 3.63) is 94.1 Å². The highest BCUT2D eigenvalue weighted by Crippen LogP contribution is 2.44. The molecular formula is C25H22ClN7O3S. The molecule has 0 atom stereocenters. The number of hydrogen-bond acceptors (Lipinski definition) is 8. The molecule has 1 aromatic carbocycles. The number of nitrogens with zero attached hydrogens (tertiary/aromatic N) is 6. The van der Waals surface area contributed by atoms with Crippen molar-refractivity contribution in [1.82, 2.24) is 34.9 Å². The second-order valence-corrected chi connectivity index (χ2v) is 11.8. The molecule has 10 nitrogen and oxygen atoms in total. The number of aromatic nitrogens is 7. The Morgan fingerprint density at radius 3 is 2.68 bits per heavy atom. The molecule has 5 rings (SSSR count). The number of rotatable bonds is 7. The van der Waals surface area contributed by atoms with Crippen LogP contribution in [0.3, 0.4) is 0 Å². The summed E-state index contributed by atoms with van der Waals surface area (Å²) < 4.78 is 17.8. The first-order valence-electron chi connectivity index (χ1n) is 11.1. The van der Waals surface area contributed by atoms with Crippen LogP contribution in [0, 0.1) is 0 Å². The fourth-order valence-electron chi connectivity index (χ4n) is 3.54. The molecule has 0 aliphatic rings. The zero-order chi connectivity index (χ0) is 26.0. The van der Waals surface area contributed by atoms with Crippen LogP contribution in [0.25, 0.3) is 34.7 Å². The van der Waals surface area contributed by atoms with Gasteiger partial charge in [0.1, 0.15) is 5.69 Å². The Labute approximate surface area is 218 Å². The van der Waals surface area contributed by atoms with Gasteiger partial charge in [-0.25, -0.2) is 0 Å². The summed E-state index contributed by atoms with van der Waals surface area (Å²) in [7, 11) is -1.90. The quantitative estimate of drug-likeness (QED) is 0.301. The van der Waals surface area contributed by atoms with Gasteiger partial charge in [0.25, 0.3) is 0 Å². The zero-order valence-electron chi connectivity index (χ0n) is 19.9. The number of allylic oxidation sites excluding steroid dienone is 1. The lowest BCUT2D eigenvalue weighted by molar-refractivity contribution is 0.520. The van der Waals surface area contributed by atoms with Crippen LogP contribution in [0.2, 0.25) is 5.02 Å². The molecule has 0 aliphatic heterocycles. The van der Waals surface area contributed by atoms with Gasteiger partial charge in [0, 0.05) is 35.3 Å². The molecule has 0 saturated heterocycles. The normalized spacial score (nSPS) is 12.3. The number of halogens is 1. The summed E-state index contributed by atoms with van der Waals surface area (Å²) in [6.07, 6.45) is 10.7. The lowest BCUT2D eigenvalue weighted by atomic mass is 10.2. The van der Waals surface area contributed by atoms with Crippen molar-refractivity contribution >= 4 is 28.0 Å². The Bertz CT molecular complexity index is 1640. The van der Waals surface area contributed by atoms with E-state index in [4.69, 9.17) is 16.0 Å². The van der Waals surface area contributed by atoms with Crippen molar-refractivity contribution in [2.24, 2.45) is 0 Å². The topological polar surface area (TPSA) is 136 Å². The van der Waals surface area contributed by atoms with Gasteiger partial charge in [0.2, 0.25) is 17.3 Å². The molecular weight excluding hydrogens is 514 g/mol. The number of benzene rings is 1. The molecule has 12 heteroatoms. The molecule has 0 saturated carbocycles. The predicted molar refractivity (Wildman–Crippen MR) is 143 cm³/mol. The van der Waals surface area contributed by atoms with Crippen LogP contribution < -0.4 is 5.56 Å². The van der Waals surface area contributed by atoms with Gasteiger partial charge < -0.3 is 14.0 Å². The first kappa shape index (κ1) is 24.6. The highest BCUT2D eigenvalue weighted by atomic mass is 35.5. The van der Waals surface area contributed by atoms with Crippen LogP contribution in [0.1, 0.15) is 11.7 Å². The van der Waals surface area contributed by atoms with Crippen molar-refractivity contribution in [2.75, 3.05) is 12.5 Å². The first-order chi connectivity index (χ1) is 17.8. The number of para-hydroxylation sites is 1. The van der Waals surface area contributed by atoms with Gasteiger partial charge in [-0.1, -0.05) is 29.8 Å². The fraction of sp³-hybridized carbons (Fsp3) is 0.120. The van der Waals surface area contributed by atoms with Gasteiger partial charge >= 0.3 is 0 Å². The molecule has 0 bridgehead atoms. The Balaban J connectivity index is 1.46. The van der Waals surface area contributed by atoms with Crippen LogP contribution in [0.4, 0.5) is 0 Å². The third kappa shape index (κ3) is 5.38. The van der Waals surface area contributed by atoms with Crippen LogP contribution in [0.5, 0.6) is 0 Å². The van der Waals surface area contributed by atoms with E-state index in [-0.39, 0.29) is 11.4 Å². The lowest BCUT2D eigenvalue weighted by Gasteiger charge is -2.23. The third-order valence-electron chi connectivity index (χ3n) is 5.37. The SMILES string of the molecule is CS(C)(O)c1ccc(-c2nnc(C=CCc3nnc(-c4cc[nH]c(=O)c4)o3)n2-c2ccccc2Cl)nc1. The maximum atomic E-state index is 11.5. The lowest BCUT2D eigenvalue weighted by Crippen LogP contribution is -2.02. The summed E-state index contributed by atoms with van der Waals surface area (Å²) in [6.45, 7) is 0. The molecule has 4 aromatic heterocycles. The molecule has 0 aliphatic carbocycles. The van der Waals surface area contributed by atoms with E-state index in [2.05, 4.69) is 30.4 Å². The van der Waals surface area contributed by atoms with Crippen LogP contribution in [-0.2, 0) is 6.42 Å². The van der Waals surface area contributed by atoms with E-state index in [1.807, 2.05) is 34.9 Å². The Morgan fingerprint density at radius 2 is 1.95 bits per heavy atom. The van der Waals surface area contributed by atoms with Crippen LogP contribution >= 0.6 is 21.9 Å². The van der Waals surface area contributed by atoms with Gasteiger partial charge in [-0.3, -0.25) is 14.3 Å². The van der Waals surface area contributed by atoms with Gasteiger partial charge in [-0.15, -0.1) is 30.7 Å². The molecule has 5 aromatic rings. The fourth-order valence-corrected chi connectivity index (χ4v) is 4.48. The molecule has 2 N–H and O–H groups in total. The molecule has 0 fully saturated rings. The highest BCUT2D eigenvalue weighted by molar-refractivity contribution is 8.28. The molecule has 0 amide bonds. The second kappa shape index (κ2) is 10.1. The minimum Gasteiger partial charge on any atom is -0.420 e. The Morgan fingerprint density at radius 1 is 1.11 bits per heavy atom. The van der Waals surface area contributed by atoms with Crippen molar-refractivity contribution < 1.29 is 8.97 Å². The summed E-state index contributed by atoms with van der Waals surface area (Å²) in [5.41, 5.74) is 1.56. The van der Waals surface area contributed by atoms with E-state index < -0.39 is 10.3 Å². The Kier molecular flexibility index (Phi) is 6.74. The largest absolute Gasteiger partial charge is 0.420 e. The maximum Gasteiger partial charge on any atom is 0.248 e. The molecule has 37 heavy (non-hydrogen) atoms. The highest BCUT2D eigenvalue weighted by Gasteiger charge is 2.18. The average Bonchev–Trinajstić information content (AvgIpc) is 3.52. The molecule has 0 radical (unpaired) electrons. The van der Waals surface area contributed by atoms with Gasteiger partial charge in [0.05, 0.1) is 10.7 Å². The number of hydrogen-bond donors (Lipinski definition) is 2. The van der Waals surface area contributed by atoms with Gasteiger partial charge in [0.15, 0.2) is 11.6 Å². The number of nitrogens with one attached hydrogen (secondary N) is 1. The van der Waals surface area contributed by atoms with E-state index in [1.165, 1.54) is 12.3 Å². The van der Waals surface area contributed by atoms with Crippen LogP contribution in [0.15, 0.2) is 81.1 Å². The van der Waals surface area contributed by atoms with E-state index in [9.17, 15) is 9.35 Å².